The second kappa shape index (κ2) is 6.25. The lowest BCUT2D eigenvalue weighted by atomic mass is 9.57. The van der Waals surface area contributed by atoms with Gasteiger partial charge in [-0.3, -0.25) is 4.79 Å². The lowest BCUT2D eigenvalue weighted by Crippen LogP contribution is -2.62. The largest absolute Gasteiger partial charge is 0.480 e. The maximum atomic E-state index is 12.6. The first-order valence-electron chi connectivity index (χ1n) is 8.70. The van der Waals surface area contributed by atoms with E-state index in [9.17, 15) is 15.0 Å². The van der Waals surface area contributed by atoms with Gasteiger partial charge in [0.05, 0.1) is 5.60 Å². The van der Waals surface area contributed by atoms with Crippen molar-refractivity contribution in [3.05, 3.63) is 35.9 Å². The van der Waals surface area contributed by atoms with Crippen molar-refractivity contribution in [1.82, 2.24) is 4.90 Å². The zero-order chi connectivity index (χ0) is 16.5. The van der Waals surface area contributed by atoms with Gasteiger partial charge in [-0.2, -0.15) is 0 Å². The Hall–Kier alpha value is -1.39. The number of rotatable bonds is 4. The van der Waals surface area contributed by atoms with Gasteiger partial charge in [0, 0.05) is 6.54 Å². The van der Waals surface area contributed by atoms with Crippen LogP contribution in [0.4, 0.5) is 0 Å². The average Bonchev–Trinajstić information content (AvgIpc) is 2.96. The fourth-order valence-corrected chi connectivity index (χ4v) is 4.96. The quantitative estimate of drug-likeness (QED) is 0.896. The zero-order valence-corrected chi connectivity index (χ0v) is 13.9. The topological polar surface area (TPSA) is 60.8 Å². The number of benzene rings is 1. The first kappa shape index (κ1) is 16.5. The van der Waals surface area contributed by atoms with Gasteiger partial charge in [-0.25, -0.2) is 0 Å². The number of aliphatic carboxylic acids is 1. The fraction of sp³-hybridized carbons (Fsp3) is 0.632. The average molecular weight is 317 g/mol. The number of aliphatic hydroxyl groups is 1. The molecule has 1 aliphatic carbocycles. The van der Waals surface area contributed by atoms with Crippen LogP contribution in [-0.4, -0.2) is 46.8 Å². The van der Waals surface area contributed by atoms with Gasteiger partial charge in [-0.1, -0.05) is 43.2 Å². The second-order valence-corrected chi connectivity index (χ2v) is 7.32. The van der Waals surface area contributed by atoms with Gasteiger partial charge in [0.25, 0.3) is 0 Å². The van der Waals surface area contributed by atoms with Crippen LogP contribution in [-0.2, 0) is 10.2 Å². The van der Waals surface area contributed by atoms with Gasteiger partial charge >= 0.3 is 5.97 Å². The molecule has 1 saturated heterocycles. The first-order chi connectivity index (χ1) is 11.0. The molecule has 23 heavy (non-hydrogen) atoms. The predicted octanol–water partition coefficient (Wildman–Crippen LogP) is 2.66. The van der Waals surface area contributed by atoms with E-state index in [0.717, 1.165) is 44.3 Å². The molecule has 2 aliphatic rings. The monoisotopic (exact) mass is 317 g/mol. The molecule has 126 valence electrons. The molecule has 4 heteroatoms. The molecule has 1 aromatic carbocycles. The number of likely N-dealkylation sites (tertiary alicyclic amines) is 1. The Morgan fingerprint density at radius 1 is 1.22 bits per heavy atom. The maximum absolute atomic E-state index is 12.6. The molecule has 1 aromatic rings. The molecule has 1 saturated carbocycles. The van der Waals surface area contributed by atoms with E-state index in [2.05, 4.69) is 4.90 Å². The maximum Gasteiger partial charge on any atom is 0.317 e. The van der Waals surface area contributed by atoms with Crippen molar-refractivity contribution >= 4 is 5.97 Å². The molecule has 4 nitrogen and oxygen atoms in total. The SMILES string of the molecule is CN1CCCC(C(C(=O)O)(c2ccccc2)C2(O)CCCC2)C1. The van der Waals surface area contributed by atoms with E-state index >= 15 is 0 Å². The minimum absolute atomic E-state index is 0.0655. The summed E-state index contributed by atoms with van der Waals surface area (Å²) in [6, 6.07) is 9.45. The standard InChI is InChI=1S/C19H27NO3/c1-20-13-7-10-16(14-20)19(17(21)22,15-8-3-2-4-9-15)18(23)11-5-6-12-18/h2-4,8-9,16,23H,5-7,10-14H2,1H3,(H,21,22). The molecule has 1 aliphatic heterocycles. The summed E-state index contributed by atoms with van der Waals surface area (Å²) in [7, 11) is 2.04. The van der Waals surface area contributed by atoms with Crippen molar-refractivity contribution in [3.63, 3.8) is 0 Å². The molecule has 0 radical (unpaired) electrons. The van der Waals surface area contributed by atoms with Crippen molar-refractivity contribution in [2.24, 2.45) is 5.92 Å². The van der Waals surface area contributed by atoms with E-state index in [4.69, 9.17) is 0 Å². The van der Waals surface area contributed by atoms with Crippen LogP contribution < -0.4 is 0 Å². The van der Waals surface area contributed by atoms with Crippen LogP contribution >= 0.6 is 0 Å². The Bertz CT molecular complexity index is 553. The van der Waals surface area contributed by atoms with Gasteiger partial charge < -0.3 is 15.1 Å². The van der Waals surface area contributed by atoms with Crippen molar-refractivity contribution < 1.29 is 15.0 Å². The van der Waals surface area contributed by atoms with Crippen LogP contribution in [0.2, 0.25) is 0 Å². The van der Waals surface area contributed by atoms with Crippen LogP contribution in [0.5, 0.6) is 0 Å². The Morgan fingerprint density at radius 3 is 2.43 bits per heavy atom. The number of carboxylic acids is 1. The van der Waals surface area contributed by atoms with E-state index in [1.807, 2.05) is 37.4 Å². The normalized spacial score (nSPS) is 27.5. The minimum atomic E-state index is -1.21. The van der Waals surface area contributed by atoms with Crippen LogP contribution in [0.1, 0.15) is 44.1 Å². The number of carbonyl (C=O) groups is 1. The van der Waals surface area contributed by atoms with Crippen molar-refractivity contribution in [2.75, 3.05) is 20.1 Å². The minimum Gasteiger partial charge on any atom is -0.480 e. The van der Waals surface area contributed by atoms with Crippen molar-refractivity contribution in [1.29, 1.82) is 0 Å². The van der Waals surface area contributed by atoms with Gasteiger partial charge in [-0.05, 0) is 50.8 Å². The number of piperidine rings is 1. The lowest BCUT2D eigenvalue weighted by molar-refractivity contribution is -0.165. The second-order valence-electron chi connectivity index (χ2n) is 7.32. The van der Waals surface area contributed by atoms with E-state index < -0.39 is 17.0 Å². The summed E-state index contributed by atoms with van der Waals surface area (Å²) < 4.78 is 0. The van der Waals surface area contributed by atoms with Crippen molar-refractivity contribution in [2.45, 2.75) is 49.5 Å². The highest BCUT2D eigenvalue weighted by Gasteiger charge is 2.62. The predicted molar refractivity (Wildman–Crippen MR) is 89.4 cm³/mol. The van der Waals surface area contributed by atoms with Gasteiger partial charge in [0.15, 0.2) is 0 Å². The Balaban J connectivity index is 2.16. The third-order valence-corrected chi connectivity index (χ3v) is 5.97. The van der Waals surface area contributed by atoms with Gasteiger partial charge in [0.1, 0.15) is 5.41 Å². The summed E-state index contributed by atoms with van der Waals surface area (Å²) in [5.74, 6) is -0.933. The molecule has 2 unspecified atom stereocenters. The first-order valence-corrected chi connectivity index (χ1v) is 8.70. The summed E-state index contributed by atoms with van der Waals surface area (Å²) in [4.78, 5) is 14.8. The van der Waals surface area contributed by atoms with Crippen LogP contribution in [0.25, 0.3) is 0 Å². The van der Waals surface area contributed by atoms with E-state index in [1.54, 1.807) is 0 Å². The Morgan fingerprint density at radius 2 is 1.87 bits per heavy atom. The summed E-state index contributed by atoms with van der Waals surface area (Å²) in [6.07, 6.45) is 4.80. The molecule has 3 rings (SSSR count). The van der Waals surface area contributed by atoms with Crippen LogP contribution in [0, 0.1) is 5.92 Å². The third-order valence-electron chi connectivity index (χ3n) is 5.97. The highest BCUT2D eigenvalue weighted by atomic mass is 16.4. The molecule has 0 spiro atoms. The Labute approximate surface area is 138 Å². The zero-order valence-electron chi connectivity index (χ0n) is 13.9. The molecule has 0 amide bonds. The summed E-state index contributed by atoms with van der Waals surface area (Å²) >= 11 is 0. The van der Waals surface area contributed by atoms with Gasteiger partial charge in [-0.15, -0.1) is 0 Å². The third kappa shape index (κ3) is 2.58. The van der Waals surface area contributed by atoms with E-state index in [-0.39, 0.29) is 5.92 Å². The highest BCUT2D eigenvalue weighted by molar-refractivity contribution is 5.84. The fourth-order valence-electron chi connectivity index (χ4n) is 4.96. The molecular formula is C19H27NO3. The molecule has 0 bridgehead atoms. The molecular weight excluding hydrogens is 290 g/mol. The van der Waals surface area contributed by atoms with E-state index in [0.29, 0.717) is 12.8 Å². The number of hydrogen-bond acceptors (Lipinski definition) is 3. The molecule has 1 heterocycles. The van der Waals surface area contributed by atoms with Gasteiger partial charge in [0.2, 0.25) is 0 Å². The molecule has 0 aromatic heterocycles. The van der Waals surface area contributed by atoms with Crippen LogP contribution in [0.3, 0.4) is 0 Å². The van der Waals surface area contributed by atoms with Crippen molar-refractivity contribution in [3.8, 4) is 0 Å². The smallest absolute Gasteiger partial charge is 0.317 e. The highest BCUT2D eigenvalue weighted by Crippen LogP contribution is 2.52. The summed E-state index contributed by atoms with van der Waals surface area (Å²) in [5, 5.41) is 21.8. The number of carboxylic acid groups (broad SMARTS) is 1. The molecule has 2 fully saturated rings. The number of nitrogens with zero attached hydrogens (tertiary/aromatic N) is 1. The lowest BCUT2D eigenvalue weighted by Gasteiger charge is -2.50. The summed E-state index contributed by atoms with van der Waals surface area (Å²) in [5.41, 5.74) is -1.60. The van der Waals surface area contributed by atoms with Crippen LogP contribution in [0.15, 0.2) is 30.3 Å². The molecule has 2 N–H and O–H groups in total. The van der Waals surface area contributed by atoms with E-state index in [1.165, 1.54) is 0 Å². The molecule has 2 atom stereocenters. The Kier molecular flexibility index (Phi) is 4.47. The number of hydrogen-bond donors (Lipinski definition) is 2. The summed E-state index contributed by atoms with van der Waals surface area (Å²) in [6.45, 7) is 1.73.